The van der Waals surface area contributed by atoms with Gasteiger partial charge in [-0.05, 0) is 33.2 Å². The van der Waals surface area contributed by atoms with Gasteiger partial charge in [-0.3, -0.25) is 4.90 Å². The fraction of sp³-hybridized carbons (Fsp3) is 1.00. The van der Waals surface area contributed by atoms with E-state index in [4.69, 9.17) is 0 Å². The molecule has 1 aliphatic heterocycles. The lowest BCUT2D eigenvalue weighted by Gasteiger charge is -2.35. The molecule has 4 heteroatoms. The summed E-state index contributed by atoms with van der Waals surface area (Å²) in [6.07, 6.45) is -0.0981. The largest absolute Gasteiger partial charge is 0.307 e. The third-order valence-corrected chi connectivity index (χ3v) is 2.74. The van der Waals surface area contributed by atoms with Gasteiger partial charge in [-0.15, -0.1) is 0 Å². The zero-order chi connectivity index (χ0) is 10.6. The molecule has 0 aromatic heterocycles. The molecular weight excluding hydrogens is 186 g/mol. The van der Waals surface area contributed by atoms with Crippen LogP contribution in [0.25, 0.3) is 0 Å². The third kappa shape index (κ3) is 3.88. The van der Waals surface area contributed by atoms with Crippen LogP contribution in [0.4, 0.5) is 8.78 Å². The van der Waals surface area contributed by atoms with Gasteiger partial charge >= 0.3 is 0 Å². The summed E-state index contributed by atoms with van der Waals surface area (Å²) in [6, 6.07) is 0.770. The van der Waals surface area contributed by atoms with Gasteiger partial charge in [0.1, 0.15) is 0 Å². The molecule has 1 rings (SSSR count). The van der Waals surface area contributed by atoms with E-state index in [0.29, 0.717) is 6.04 Å². The van der Waals surface area contributed by atoms with Crippen LogP contribution in [0, 0.1) is 0 Å². The summed E-state index contributed by atoms with van der Waals surface area (Å²) >= 11 is 0. The molecule has 0 bridgehead atoms. The van der Waals surface area contributed by atoms with Gasteiger partial charge in [0.15, 0.2) is 0 Å². The van der Waals surface area contributed by atoms with Crippen LogP contribution in [0.3, 0.4) is 0 Å². The Bertz CT molecular complexity index is 162. The molecule has 2 nitrogen and oxygen atoms in total. The number of nitrogens with zero attached hydrogens (tertiary/aromatic N) is 1. The summed E-state index contributed by atoms with van der Waals surface area (Å²) in [5.74, 6) is 0. The van der Waals surface area contributed by atoms with E-state index in [2.05, 4.69) is 24.1 Å². The first-order valence-corrected chi connectivity index (χ1v) is 5.35. The molecule has 14 heavy (non-hydrogen) atoms. The Kier molecular flexibility index (Phi) is 4.75. The molecule has 1 saturated heterocycles. The monoisotopic (exact) mass is 206 g/mol. The van der Waals surface area contributed by atoms with E-state index >= 15 is 0 Å². The highest BCUT2D eigenvalue weighted by molar-refractivity contribution is 4.79. The van der Waals surface area contributed by atoms with E-state index in [1.54, 1.807) is 0 Å². The standard InChI is InChI=1S/C10H20F2N2/c1-8(2)14-5-3-4-9(7-14)13-6-10(11)12/h8-10,13H,3-7H2,1-2H3. The minimum Gasteiger partial charge on any atom is -0.307 e. The van der Waals surface area contributed by atoms with E-state index in [0.717, 1.165) is 25.9 Å². The smallest absolute Gasteiger partial charge is 0.250 e. The Hall–Kier alpha value is -0.220. The van der Waals surface area contributed by atoms with Gasteiger partial charge in [-0.25, -0.2) is 8.78 Å². The van der Waals surface area contributed by atoms with Gasteiger partial charge in [-0.1, -0.05) is 0 Å². The molecule has 0 saturated carbocycles. The van der Waals surface area contributed by atoms with Crippen LogP contribution in [0.2, 0.25) is 0 Å². The molecule has 84 valence electrons. The summed E-state index contributed by atoms with van der Waals surface area (Å²) in [5.41, 5.74) is 0. The van der Waals surface area contributed by atoms with Crippen molar-refractivity contribution in [2.45, 2.75) is 45.2 Å². The lowest BCUT2D eigenvalue weighted by molar-refractivity contribution is 0.117. The molecule has 1 atom stereocenters. The molecule has 0 aromatic rings. The number of nitrogens with one attached hydrogen (secondary N) is 1. The second-order valence-corrected chi connectivity index (χ2v) is 4.23. The van der Waals surface area contributed by atoms with Gasteiger partial charge in [0, 0.05) is 18.6 Å². The van der Waals surface area contributed by atoms with Gasteiger partial charge in [0.2, 0.25) is 0 Å². The zero-order valence-electron chi connectivity index (χ0n) is 8.97. The van der Waals surface area contributed by atoms with Gasteiger partial charge < -0.3 is 5.32 Å². The second kappa shape index (κ2) is 5.61. The summed E-state index contributed by atoms with van der Waals surface area (Å²) < 4.78 is 23.9. The fourth-order valence-corrected chi connectivity index (χ4v) is 1.90. The Morgan fingerprint density at radius 2 is 2.14 bits per heavy atom. The highest BCUT2D eigenvalue weighted by Gasteiger charge is 2.21. The molecule has 1 unspecified atom stereocenters. The lowest BCUT2D eigenvalue weighted by Crippen LogP contribution is -2.49. The maximum absolute atomic E-state index is 12.0. The van der Waals surface area contributed by atoms with Gasteiger partial charge in [-0.2, -0.15) is 0 Å². The number of piperidine rings is 1. The number of hydrogen-bond donors (Lipinski definition) is 1. The number of alkyl halides is 2. The van der Waals surface area contributed by atoms with Crippen molar-refractivity contribution in [2.75, 3.05) is 19.6 Å². The normalized spacial score (nSPS) is 24.9. The number of rotatable bonds is 4. The summed E-state index contributed by atoms with van der Waals surface area (Å²) in [5, 5.41) is 2.91. The maximum atomic E-state index is 12.0. The quantitative estimate of drug-likeness (QED) is 0.753. The zero-order valence-corrected chi connectivity index (χ0v) is 8.97. The second-order valence-electron chi connectivity index (χ2n) is 4.23. The van der Waals surface area contributed by atoms with Crippen molar-refractivity contribution < 1.29 is 8.78 Å². The number of hydrogen-bond acceptors (Lipinski definition) is 2. The van der Waals surface area contributed by atoms with E-state index < -0.39 is 6.43 Å². The molecule has 1 heterocycles. The Morgan fingerprint density at radius 3 is 2.71 bits per heavy atom. The summed E-state index contributed by atoms with van der Waals surface area (Å²) in [4.78, 5) is 2.34. The van der Waals surface area contributed by atoms with Crippen LogP contribution in [0.1, 0.15) is 26.7 Å². The average molecular weight is 206 g/mol. The third-order valence-electron chi connectivity index (χ3n) is 2.74. The average Bonchev–Trinajstić information content (AvgIpc) is 2.15. The van der Waals surface area contributed by atoms with Crippen LogP contribution in [0.5, 0.6) is 0 Å². The van der Waals surface area contributed by atoms with E-state index in [-0.39, 0.29) is 12.6 Å². The fourth-order valence-electron chi connectivity index (χ4n) is 1.90. The molecule has 1 N–H and O–H groups in total. The van der Waals surface area contributed by atoms with Crippen molar-refractivity contribution in [1.82, 2.24) is 10.2 Å². The van der Waals surface area contributed by atoms with E-state index in [1.165, 1.54) is 0 Å². The van der Waals surface area contributed by atoms with Crippen molar-refractivity contribution in [3.63, 3.8) is 0 Å². The van der Waals surface area contributed by atoms with Gasteiger partial charge in [0.25, 0.3) is 6.43 Å². The maximum Gasteiger partial charge on any atom is 0.250 e. The summed E-state index contributed by atoms with van der Waals surface area (Å²) in [6.45, 7) is 6.14. The summed E-state index contributed by atoms with van der Waals surface area (Å²) in [7, 11) is 0. The van der Waals surface area contributed by atoms with Crippen molar-refractivity contribution in [3.8, 4) is 0 Å². The molecular formula is C10H20F2N2. The van der Waals surface area contributed by atoms with Crippen molar-refractivity contribution in [2.24, 2.45) is 0 Å². The SMILES string of the molecule is CC(C)N1CCCC(NCC(F)F)C1. The van der Waals surface area contributed by atoms with Crippen LogP contribution in [0.15, 0.2) is 0 Å². The van der Waals surface area contributed by atoms with Crippen LogP contribution in [-0.2, 0) is 0 Å². The lowest BCUT2D eigenvalue weighted by atomic mass is 10.0. The van der Waals surface area contributed by atoms with E-state index in [1.807, 2.05) is 0 Å². The van der Waals surface area contributed by atoms with Crippen LogP contribution in [-0.4, -0.2) is 43.0 Å². The highest BCUT2D eigenvalue weighted by Crippen LogP contribution is 2.12. The van der Waals surface area contributed by atoms with Crippen molar-refractivity contribution in [3.05, 3.63) is 0 Å². The molecule has 1 aliphatic rings. The topological polar surface area (TPSA) is 15.3 Å². The van der Waals surface area contributed by atoms with Crippen LogP contribution >= 0.6 is 0 Å². The minimum absolute atomic E-state index is 0.170. The molecule has 0 aliphatic carbocycles. The first-order chi connectivity index (χ1) is 6.59. The first-order valence-electron chi connectivity index (χ1n) is 5.35. The Labute approximate surface area is 84.7 Å². The van der Waals surface area contributed by atoms with Gasteiger partial charge in [0.05, 0.1) is 6.54 Å². The molecule has 1 fully saturated rings. The minimum atomic E-state index is -2.23. The number of likely N-dealkylation sites (tertiary alicyclic amines) is 1. The molecule has 0 aromatic carbocycles. The highest BCUT2D eigenvalue weighted by atomic mass is 19.3. The van der Waals surface area contributed by atoms with Crippen LogP contribution < -0.4 is 5.32 Å². The first kappa shape index (κ1) is 11.9. The molecule has 0 spiro atoms. The predicted molar refractivity (Wildman–Crippen MR) is 53.7 cm³/mol. The Balaban J connectivity index is 2.25. The van der Waals surface area contributed by atoms with Crippen molar-refractivity contribution in [1.29, 1.82) is 0 Å². The predicted octanol–water partition coefficient (Wildman–Crippen LogP) is 1.71. The Morgan fingerprint density at radius 1 is 1.43 bits per heavy atom. The molecule has 0 radical (unpaired) electrons. The molecule has 0 amide bonds. The van der Waals surface area contributed by atoms with Crippen molar-refractivity contribution >= 4 is 0 Å². The number of halogens is 2. The van der Waals surface area contributed by atoms with E-state index in [9.17, 15) is 8.78 Å².